The largest absolute Gasteiger partial charge is 0.467 e. The Morgan fingerprint density at radius 2 is 2.00 bits per heavy atom. The Morgan fingerprint density at radius 3 is 2.59 bits per heavy atom. The van der Waals surface area contributed by atoms with Gasteiger partial charge in [-0.1, -0.05) is 20.8 Å². The molecule has 0 saturated carbocycles. The van der Waals surface area contributed by atoms with Gasteiger partial charge in [0, 0.05) is 12.0 Å². The lowest BCUT2D eigenvalue weighted by molar-refractivity contribution is -0.119. The van der Waals surface area contributed by atoms with E-state index >= 15 is 0 Å². The lowest BCUT2D eigenvalue weighted by atomic mass is 9.94. The minimum atomic E-state index is -0.190. The van der Waals surface area contributed by atoms with Crippen molar-refractivity contribution in [3.8, 4) is 0 Å². The van der Waals surface area contributed by atoms with Crippen molar-refractivity contribution < 1.29 is 13.6 Å². The summed E-state index contributed by atoms with van der Waals surface area (Å²) in [4.78, 5) is 20.4. The Morgan fingerprint density at radius 1 is 1.22 bits per heavy atom. The monoisotopic (exact) mass is 489 g/mol. The van der Waals surface area contributed by atoms with Crippen LogP contribution in [0.25, 0.3) is 0 Å². The summed E-state index contributed by atoms with van der Waals surface area (Å²) in [6, 6.07) is 3.58. The summed E-state index contributed by atoms with van der Waals surface area (Å²) in [5.41, 5.74) is -0.0874. The van der Waals surface area contributed by atoms with Crippen LogP contribution >= 0.6 is 24.0 Å². The van der Waals surface area contributed by atoms with Gasteiger partial charge >= 0.3 is 0 Å². The normalized spacial score (nSPS) is 11.6. The van der Waals surface area contributed by atoms with E-state index in [9.17, 15) is 4.79 Å². The van der Waals surface area contributed by atoms with Crippen molar-refractivity contribution in [2.24, 2.45) is 4.99 Å². The highest BCUT2D eigenvalue weighted by Gasteiger charge is 2.19. The number of halogens is 1. The Balaban J connectivity index is 0.00000364. The van der Waals surface area contributed by atoms with Gasteiger partial charge in [0.15, 0.2) is 5.96 Å². The second-order valence-electron chi connectivity index (χ2n) is 6.77. The third-order valence-electron chi connectivity index (χ3n) is 3.46. The van der Waals surface area contributed by atoms with Crippen molar-refractivity contribution in [2.75, 3.05) is 13.1 Å². The Labute approximate surface area is 176 Å². The maximum atomic E-state index is 11.9. The summed E-state index contributed by atoms with van der Waals surface area (Å²) in [6.07, 6.45) is 3.31. The molecule has 0 radical (unpaired) electrons. The molecule has 1 amide bonds. The number of aromatic nitrogens is 1. The van der Waals surface area contributed by atoms with E-state index in [1.807, 2.05) is 6.92 Å². The van der Waals surface area contributed by atoms with Crippen molar-refractivity contribution in [1.29, 1.82) is 0 Å². The third-order valence-corrected chi connectivity index (χ3v) is 3.46. The van der Waals surface area contributed by atoms with E-state index in [0.717, 1.165) is 5.76 Å². The fraction of sp³-hybridized carbons (Fsp3) is 0.500. The SMILES string of the molecule is CCNC(=NCC(=O)NCc1ccco1)NCc1ncc(C(C)(C)C)o1.I. The van der Waals surface area contributed by atoms with Crippen molar-refractivity contribution in [3.63, 3.8) is 0 Å². The van der Waals surface area contributed by atoms with Crippen LogP contribution in [0.4, 0.5) is 0 Å². The first kappa shape index (κ1) is 23.0. The molecule has 0 aromatic carbocycles. The van der Waals surface area contributed by atoms with Gasteiger partial charge in [-0.05, 0) is 19.1 Å². The number of carbonyl (C=O) groups excluding carboxylic acids is 1. The van der Waals surface area contributed by atoms with Crippen LogP contribution in [-0.4, -0.2) is 29.9 Å². The Bertz CT molecular complexity index is 720. The average molecular weight is 489 g/mol. The van der Waals surface area contributed by atoms with E-state index < -0.39 is 0 Å². The van der Waals surface area contributed by atoms with E-state index in [2.05, 4.69) is 46.7 Å². The molecule has 0 saturated heterocycles. The lowest BCUT2D eigenvalue weighted by Crippen LogP contribution is -2.38. The highest BCUT2D eigenvalue weighted by molar-refractivity contribution is 14.0. The van der Waals surface area contributed by atoms with E-state index in [1.54, 1.807) is 24.6 Å². The molecule has 2 heterocycles. The zero-order valence-corrected chi connectivity index (χ0v) is 18.5. The van der Waals surface area contributed by atoms with Gasteiger partial charge in [-0.3, -0.25) is 4.79 Å². The molecule has 2 aromatic rings. The van der Waals surface area contributed by atoms with E-state index in [0.29, 0.717) is 37.2 Å². The number of rotatable bonds is 7. The van der Waals surface area contributed by atoms with Crippen molar-refractivity contribution in [2.45, 2.75) is 46.2 Å². The van der Waals surface area contributed by atoms with Gasteiger partial charge in [-0.2, -0.15) is 0 Å². The molecular formula is C18H28IN5O3. The first-order valence-corrected chi connectivity index (χ1v) is 8.65. The van der Waals surface area contributed by atoms with Crippen LogP contribution in [0.2, 0.25) is 0 Å². The molecule has 0 spiro atoms. The molecule has 0 aliphatic rings. The van der Waals surface area contributed by atoms with Gasteiger partial charge in [0.05, 0.1) is 25.5 Å². The Hall–Kier alpha value is -2.04. The summed E-state index contributed by atoms with van der Waals surface area (Å²) in [5, 5.41) is 8.95. The molecule has 2 rings (SSSR count). The van der Waals surface area contributed by atoms with Crippen LogP contribution < -0.4 is 16.0 Å². The highest BCUT2D eigenvalue weighted by Crippen LogP contribution is 2.22. The predicted molar refractivity (Wildman–Crippen MR) is 114 cm³/mol. The van der Waals surface area contributed by atoms with E-state index in [4.69, 9.17) is 8.83 Å². The molecule has 0 atom stereocenters. The standard InChI is InChI=1S/C18H27N5O3.HI/c1-5-19-17(22-11-15(24)20-9-13-7-6-8-25-13)23-12-16-21-10-14(26-16)18(2,3)4;/h6-8,10H,5,9,11-12H2,1-4H3,(H,20,24)(H2,19,22,23);1H. The zero-order valence-electron chi connectivity index (χ0n) is 16.2. The van der Waals surface area contributed by atoms with Crippen LogP contribution in [-0.2, 0) is 23.3 Å². The molecule has 27 heavy (non-hydrogen) atoms. The topological polar surface area (TPSA) is 105 Å². The molecule has 9 heteroatoms. The quantitative estimate of drug-likeness (QED) is 0.314. The van der Waals surface area contributed by atoms with E-state index in [1.165, 1.54) is 0 Å². The number of amides is 1. The smallest absolute Gasteiger partial charge is 0.242 e. The predicted octanol–water partition coefficient (Wildman–Crippen LogP) is 2.55. The van der Waals surface area contributed by atoms with Gasteiger partial charge in [0.25, 0.3) is 0 Å². The molecule has 150 valence electrons. The molecule has 0 unspecified atom stereocenters. The van der Waals surface area contributed by atoms with Gasteiger partial charge in [-0.15, -0.1) is 24.0 Å². The van der Waals surface area contributed by atoms with Gasteiger partial charge < -0.3 is 24.8 Å². The highest BCUT2D eigenvalue weighted by atomic mass is 127. The molecule has 3 N–H and O–H groups in total. The molecule has 2 aromatic heterocycles. The summed E-state index contributed by atoms with van der Waals surface area (Å²) in [7, 11) is 0. The molecule has 8 nitrogen and oxygen atoms in total. The number of nitrogens with zero attached hydrogens (tertiary/aromatic N) is 2. The summed E-state index contributed by atoms with van der Waals surface area (Å²) < 4.78 is 10.9. The maximum Gasteiger partial charge on any atom is 0.242 e. The zero-order chi connectivity index (χ0) is 19.0. The van der Waals surface area contributed by atoms with Crippen LogP contribution in [0.15, 0.2) is 38.4 Å². The number of nitrogens with one attached hydrogen (secondary N) is 3. The van der Waals surface area contributed by atoms with Gasteiger partial charge in [0.2, 0.25) is 11.8 Å². The van der Waals surface area contributed by atoms with Crippen LogP contribution in [0, 0.1) is 0 Å². The molecule has 0 bridgehead atoms. The van der Waals surface area contributed by atoms with Crippen molar-refractivity contribution in [3.05, 3.63) is 42.0 Å². The first-order chi connectivity index (χ1) is 12.4. The lowest BCUT2D eigenvalue weighted by Gasteiger charge is -2.13. The second-order valence-corrected chi connectivity index (χ2v) is 6.77. The molecular weight excluding hydrogens is 461 g/mol. The number of carbonyl (C=O) groups is 1. The fourth-order valence-corrected chi connectivity index (χ4v) is 2.05. The second kappa shape index (κ2) is 11.0. The van der Waals surface area contributed by atoms with Crippen LogP contribution in [0.3, 0.4) is 0 Å². The van der Waals surface area contributed by atoms with Gasteiger partial charge in [-0.25, -0.2) is 9.98 Å². The number of hydrogen-bond donors (Lipinski definition) is 3. The summed E-state index contributed by atoms with van der Waals surface area (Å²) in [5.74, 6) is 2.43. The number of guanidine groups is 1. The van der Waals surface area contributed by atoms with Crippen LogP contribution in [0.5, 0.6) is 0 Å². The number of aliphatic imine (C=N–C) groups is 1. The average Bonchev–Trinajstić information content (AvgIpc) is 3.26. The first-order valence-electron chi connectivity index (χ1n) is 8.65. The Kier molecular flexibility index (Phi) is 9.33. The van der Waals surface area contributed by atoms with Crippen LogP contribution in [0.1, 0.15) is 45.1 Å². The third kappa shape index (κ3) is 8.02. The molecule has 0 aliphatic carbocycles. The van der Waals surface area contributed by atoms with Crippen molar-refractivity contribution >= 4 is 35.8 Å². The minimum absolute atomic E-state index is 0. The van der Waals surface area contributed by atoms with Gasteiger partial charge in [0.1, 0.15) is 18.1 Å². The number of furan rings is 1. The summed E-state index contributed by atoms with van der Waals surface area (Å²) >= 11 is 0. The van der Waals surface area contributed by atoms with Crippen molar-refractivity contribution in [1.82, 2.24) is 20.9 Å². The molecule has 0 fully saturated rings. The maximum absolute atomic E-state index is 11.9. The number of oxazole rings is 1. The summed E-state index contributed by atoms with van der Waals surface area (Å²) in [6.45, 7) is 9.57. The fourth-order valence-electron chi connectivity index (χ4n) is 2.05. The van der Waals surface area contributed by atoms with E-state index in [-0.39, 0.29) is 41.8 Å². The number of hydrogen-bond acceptors (Lipinski definition) is 5. The molecule has 0 aliphatic heterocycles. The minimum Gasteiger partial charge on any atom is -0.467 e.